The van der Waals surface area contributed by atoms with E-state index in [0.29, 0.717) is 0 Å². The molecule has 1 unspecified atom stereocenters. The first kappa shape index (κ1) is 12.0. The van der Waals surface area contributed by atoms with Crippen LogP contribution in [0.15, 0.2) is 12.1 Å². The average Bonchev–Trinajstić information content (AvgIpc) is 2.48. The molecular formula is C12H17F2N. The maximum atomic E-state index is 12.9. The lowest BCUT2D eigenvalue weighted by atomic mass is 10.0. The second kappa shape index (κ2) is 4.60. The van der Waals surface area contributed by atoms with Gasteiger partial charge < -0.3 is 4.90 Å². The summed E-state index contributed by atoms with van der Waals surface area (Å²) in [5, 5.41) is 0. The van der Waals surface area contributed by atoms with Crippen molar-refractivity contribution in [1.29, 1.82) is 0 Å². The lowest BCUT2D eigenvalue weighted by molar-refractivity contribution is 0.507. The number of likely N-dealkylation sites (N-methyl/N-ethyl adjacent to an activating group) is 1. The van der Waals surface area contributed by atoms with Crippen molar-refractivity contribution in [3.05, 3.63) is 29.3 Å². The zero-order valence-electron chi connectivity index (χ0n) is 9.64. The van der Waals surface area contributed by atoms with E-state index >= 15 is 0 Å². The van der Waals surface area contributed by atoms with Gasteiger partial charge in [-0.3, -0.25) is 0 Å². The van der Waals surface area contributed by atoms with Crippen LogP contribution in [0.5, 0.6) is 0 Å². The van der Waals surface area contributed by atoms with Gasteiger partial charge in [0.2, 0.25) is 0 Å². The zero-order chi connectivity index (χ0) is 11.6. The standard InChI is InChI=1S/C10H11F2N.C2H6/c1-6-5-13(2)10-4-9(12)8(11)3-7(6)10;1-2/h3-4,6H,5H2,1-2H3;1-2H3. The Morgan fingerprint density at radius 2 is 1.73 bits per heavy atom. The Labute approximate surface area is 89.7 Å². The Morgan fingerprint density at radius 1 is 1.20 bits per heavy atom. The SMILES string of the molecule is CC.CC1CN(C)c2cc(F)c(F)cc21. The van der Waals surface area contributed by atoms with E-state index in [9.17, 15) is 8.78 Å². The van der Waals surface area contributed by atoms with Gasteiger partial charge in [-0.2, -0.15) is 0 Å². The fourth-order valence-corrected chi connectivity index (χ4v) is 1.88. The van der Waals surface area contributed by atoms with Gasteiger partial charge >= 0.3 is 0 Å². The summed E-state index contributed by atoms with van der Waals surface area (Å²) in [5.74, 6) is -1.23. The Balaban J connectivity index is 0.000000531. The third-order valence-corrected chi connectivity index (χ3v) is 2.56. The Hall–Kier alpha value is -1.12. The molecule has 1 nitrogen and oxygen atoms in total. The molecule has 1 aromatic rings. The molecule has 0 amide bonds. The third-order valence-electron chi connectivity index (χ3n) is 2.56. The second-order valence-electron chi connectivity index (χ2n) is 3.61. The monoisotopic (exact) mass is 213 g/mol. The average molecular weight is 213 g/mol. The minimum Gasteiger partial charge on any atom is -0.374 e. The van der Waals surface area contributed by atoms with E-state index in [1.54, 1.807) is 0 Å². The van der Waals surface area contributed by atoms with E-state index in [4.69, 9.17) is 0 Å². The number of benzene rings is 1. The maximum Gasteiger partial charge on any atom is 0.160 e. The summed E-state index contributed by atoms with van der Waals surface area (Å²) in [6, 6.07) is 2.58. The summed E-state index contributed by atoms with van der Waals surface area (Å²) in [6.07, 6.45) is 0. The number of rotatable bonds is 0. The van der Waals surface area contributed by atoms with Crippen molar-refractivity contribution in [3.8, 4) is 0 Å². The van der Waals surface area contributed by atoms with E-state index in [2.05, 4.69) is 0 Å². The topological polar surface area (TPSA) is 3.24 Å². The molecule has 84 valence electrons. The smallest absolute Gasteiger partial charge is 0.160 e. The molecule has 0 saturated heterocycles. The molecule has 0 fully saturated rings. The van der Waals surface area contributed by atoms with Gasteiger partial charge in [0.25, 0.3) is 0 Å². The van der Waals surface area contributed by atoms with Crippen molar-refractivity contribution >= 4 is 5.69 Å². The molecule has 3 heteroatoms. The highest BCUT2D eigenvalue weighted by molar-refractivity contribution is 5.59. The van der Waals surface area contributed by atoms with E-state index in [1.807, 2.05) is 32.7 Å². The summed E-state index contributed by atoms with van der Waals surface area (Å²) >= 11 is 0. The quantitative estimate of drug-likeness (QED) is 0.637. The highest BCUT2D eigenvalue weighted by Crippen LogP contribution is 2.35. The van der Waals surface area contributed by atoms with Crippen molar-refractivity contribution in [1.82, 2.24) is 0 Å². The van der Waals surface area contributed by atoms with Crippen molar-refractivity contribution < 1.29 is 8.78 Å². The van der Waals surface area contributed by atoms with Gasteiger partial charge in [-0.25, -0.2) is 8.78 Å². The molecule has 0 aromatic heterocycles. The van der Waals surface area contributed by atoms with Crippen LogP contribution in [-0.4, -0.2) is 13.6 Å². The fourth-order valence-electron chi connectivity index (χ4n) is 1.88. The zero-order valence-corrected chi connectivity index (χ0v) is 9.64. The Kier molecular flexibility index (Phi) is 3.66. The summed E-state index contributed by atoms with van der Waals surface area (Å²) in [5.41, 5.74) is 1.72. The summed E-state index contributed by atoms with van der Waals surface area (Å²) < 4.78 is 25.8. The minimum atomic E-state index is -0.764. The Morgan fingerprint density at radius 3 is 2.33 bits per heavy atom. The molecule has 0 aliphatic carbocycles. The molecule has 15 heavy (non-hydrogen) atoms. The molecule has 1 aromatic carbocycles. The van der Waals surface area contributed by atoms with Crippen LogP contribution in [0.25, 0.3) is 0 Å². The highest BCUT2D eigenvalue weighted by Gasteiger charge is 2.24. The summed E-state index contributed by atoms with van der Waals surface area (Å²) in [4.78, 5) is 1.95. The van der Waals surface area contributed by atoms with Crippen LogP contribution in [0.3, 0.4) is 0 Å². The molecule has 0 spiro atoms. The van der Waals surface area contributed by atoms with Crippen molar-refractivity contribution in [2.24, 2.45) is 0 Å². The van der Waals surface area contributed by atoms with Crippen molar-refractivity contribution in [2.45, 2.75) is 26.7 Å². The van der Waals surface area contributed by atoms with Crippen LogP contribution in [0.4, 0.5) is 14.5 Å². The molecule has 2 rings (SSSR count). The molecule has 0 N–H and O–H groups in total. The predicted molar refractivity (Wildman–Crippen MR) is 59.4 cm³/mol. The van der Waals surface area contributed by atoms with Gasteiger partial charge in [-0.05, 0) is 11.6 Å². The fraction of sp³-hybridized carbons (Fsp3) is 0.500. The first-order valence-electron chi connectivity index (χ1n) is 5.29. The number of hydrogen-bond donors (Lipinski definition) is 0. The normalized spacial score (nSPS) is 18.3. The molecule has 1 aliphatic rings. The van der Waals surface area contributed by atoms with Crippen LogP contribution >= 0.6 is 0 Å². The van der Waals surface area contributed by atoms with E-state index in [-0.39, 0.29) is 5.92 Å². The molecule has 0 saturated carbocycles. The first-order chi connectivity index (χ1) is 7.09. The molecule has 1 atom stereocenters. The van der Waals surface area contributed by atoms with E-state index in [1.165, 1.54) is 12.1 Å². The third kappa shape index (κ3) is 2.11. The van der Waals surface area contributed by atoms with Gasteiger partial charge in [-0.15, -0.1) is 0 Å². The summed E-state index contributed by atoms with van der Waals surface area (Å²) in [6.45, 7) is 6.85. The second-order valence-corrected chi connectivity index (χ2v) is 3.61. The van der Waals surface area contributed by atoms with E-state index in [0.717, 1.165) is 17.8 Å². The molecule has 0 radical (unpaired) electrons. The van der Waals surface area contributed by atoms with Gasteiger partial charge in [0.1, 0.15) is 0 Å². The molecular weight excluding hydrogens is 196 g/mol. The lowest BCUT2D eigenvalue weighted by Crippen LogP contribution is -2.14. The summed E-state index contributed by atoms with van der Waals surface area (Å²) in [7, 11) is 1.89. The van der Waals surface area contributed by atoms with Crippen LogP contribution in [0, 0.1) is 11.6 Å². The minimum absolute atomic E-state index is 0.287. The molecule has 1 heterocycles. The maximum absolute atomic E-state index is 12.9. The molecule has 1 aliphatic heterocycles. The first-order valence-corrected chi connectivity index (χ1v) is 5.29. The van der Waals surface area contributed by atoms with Crippen molar-refractivity contribution in [3.63, 3.8) is 0 Å². The van der Waals surface area contributed by atoms with Crippen LogP contribution < -0.4 is 4.90 Å². The lowest BCUT2D eigenvalue weighted by Gasteiger charge is -2.11. The van der Waals surface area contributed by atoms with Crippen LogP contribution in [-0.2, 0) is 0 Å². The molecule has 0 bridgehead atoms. The highest BCUT2D eigenvalue weighted by atomic mass is 19.2. The number of halogens is 2. The largest absolute Gasteiger partial charge is 0.374 e. The van der Waals surface area contributed by atoms with Gasteiger partial charge in [0.05, 0.1) is 0 Å². The number of nitrogens with zero attached hydrogens (tertiary/aromatic N) is 1. The van der Waals surface area contributed by atoms with E-state index < -0.39 is 11.6 Å². The van der Waals surface area contributed by atoms with Crippen LogP contribution in [0.2, 0.25) is 0 Å². The Bertz CT molecular complexity index is 317. The number of anilines is 1. The number of fused-ring (bicyclic) bond motifs is 1. The van der Waals surface area contributed by atoms with Gasteiger partial charge in [-0.1, -0.05) is 20.8 Å². The van der Waals surface area contributed by atoms with Crippen LogP contribution in [0.1, 0.15) is 32.3 Å². The number of hydrogen-bond acceptors (Lipinski definition) is 1. The van der Waals surface area contributed by atoms with Crippen molar-refractivity contribution in [2.75, 3.05) is 18.5 Å². The van der Waals surface area contributed by atoms with Gasteiger partial charge in [0, 0.05) is 31.3 Å². The predicted octanol–water partition coefficient (Wildman–Crippen LogP) is 3.54. The van der Waals surface area contributed by atoms with Gasteiger partial charge in [0.15, 0.2) is 11.6 Å².